The van der Waals surface area contributed by atoms with Gasteiger partial charge >= 0.3 is 5.97 Å². The van der Waals surface area contributed by atoms with Crippen LogP contribution in [0.25, 0.3) is 0 Å². The van der Waals surface area contributed by atoms with Gasteiger partial charge in [0.15, 0.2) is 6.10 Å². The molecule has 4 nitrogen and oxygen atoms in total. The lowest BCUT2D eigenvalue weighted by Crippen LogP contribution is -2.26. The Morgan fingerprint density at radius 3 is 2.75 bits per heavy atom. The lowest BCUT2D eigenvalue weighted by Gasteiger charge is -2.13. The molecule has 0 aromatic heterocycles. The summed E-state index contributed by atoms with van der Waals surface area (Å²) < 4.78 is 11.0. The zero-order chi connectivity index (χ0) is 12.1. The lowest BCUT2D eigenvalue weighted by atomic mass is 10.3. The van der Waals surface area contributed by atoms with E-state index in [-0.39, 0.29) is 5.97 Å². The van der Waals surface area contributed by atoms with Gasteiger partial charge in [-0.05, 0) is 26.0 Å². The Morgan fingerprint density at radius 2 is 2.19 bits per heavy atom. The van der Waals surface area contributed by atoms with E-state index >= 15 is 0 Å². The lowest BCUT2D eigenvalue weighted by molar-refractivity contribution is -0.150. The summed E-state index contributed by atoms with van der Waals surface area (Å²) in [6.07, 6.45) is -0.645. The van der Waals surface area contributed by atoms with E-state index in [9.17, 15) is 4.79 Å². The summed E-state index contributed by atoms with van der Waals surface area (Å²) in [5, 5.41) is 0. The summed E-state index contributed by atoms with van der Waals surface area (Å²) >= 11 is 3.29. The highest BCUT2D eigenvalue weighted by atomic mass is 79.9. The van der Waals surface area contributed by atoms with Gasteiger partial charge in [-0.15, -0.1) is 0 Å². The molecule has 0 amide bonds. The van der Waals surface area contributed by atoms with E-state index < -0.39 is 6.10 Å². The van der Waals surface area contributed by atoms with Gasteiger partial charge in [0.2, 0.25) is 0 Å². The molecular weight excluding hydrogens is 274 g/mol. The molecule has 0 bridgehead atoms. The molecule has 0 saturated heterocycles. The van der Waals surface area contributed by atoms with Crippen LogP contribution in [-0.2, 0) is 9.53 Å². The molecule has 1 unspecified atom stereocenters. The maximum Gasteiger partial charge on any atom is 0.347 e. The van der Waals surface area contributed by atoms with Gasteiger partial charge in [-0.3, -0.25) is 0 Å². The molecule has 1 atom stereocenters. The Morgan fingerprint density at radius 1 is 1.50 bits per heavy atom. The predicted octanol–water partition coefficient (Wildman–Crippen LogP) is 2.36. The number of benzene rings is 1. The van der Waals surface area contributed by atoms with E-state index in [0.717, 1.165) is 4.47 Å². The number of carbonyl (C=O) groups excluding carboxylic acids is 1. The molecule has 0 heterocycles. The fourth-order valence-electron chi connectivity index (χ4n) is 1.16. The third kappa shape index (κ3) is 3.73. The van der Waals surface area contributed by atoms with E-state index in [1.54, 1.807) is 32.0 Å². The second-order valence-electron chi connectivity index (χ2n) is 3.23. The number of esters is 1. The Labute approximate surface area is 103 Å². The molecule has 0 radical (unpaired) electrons. The summed E-state index contributed by atoms with van der Waals surface area (Å²) in [4.78, 5) is 11.3. The van der Waals surface area contributed by atoms with Crippen LogP contribution in [-0.4, -0.2) is 18.7 Å². The van der Waals surface area contributed by atoms with Crippen molar-refractivity contribution < 1.29 is 14.3 Å². The maximum atomic E-state index is 11.3. The molecule has 0 fully saturated rings. The highest BCUT2D eigenvalue weighted by molar-refractivity contribution is 9.10. The van der Waals surface area contributed by atoms with Gasteiger partial charge < -0.3 is 15.2 Å². The standard InChI is InChI=1S/C11H14BrNO3/c1-3-15-11(14)7(2)16-10-5-8(12)4-9(13)6-10/h4-7H,3,13H2,1-2H3. The van der Waals surface area contributed by atoms with Crippen molar-refractivity contribution in [3.63, 3.8) is 0 Å². The van der Waals surface area contributed by atoms with Crippen LogP contribution in [0.15, 0.2) is 22.7 Å². The zero-order valence-corrected chi connectivity index (χ0v) is 10.8. The Kier molecular flexibility index (Phi) is 4.61. The first-order chi connectivity index (χ1) is 7.52. The van der Waals surface area contributed by atoms with Crippen LogP contribution < -0.4 is 10.5 Å². The van der Waals surface area contributed by atoms with Gasteiger partial charge in [-0.1, -0.05) is 15.9 Å². The van der Waals surface area contributed by atoms with Gasteiger partial charge in [0.1, 0.15) is 5.75 Å². The van der Waals surface area contributed by atoms with Crippen LogP contribution in [0.1, 0.15) is 13.8 Å². The topological polar surface area (TPSA) is 61.5 Å². The summed E-state index contributed by atoms with van der Waals surface area (Å²) in [6, 6.07) is 5.15. The first-order valence-electron chi connectivity index (χ1n) is 4.92. The van der Waals surface area contributed by atoms with E-state index in [2.05, 4.69) is 15.9 Å². The maximum absolute atomic E-state index is 11.3. The molecule has 0 aliphatic rings. The van der Waals surface area contributed by atoms with Crippen molar-refractivity contribution in [1.29, 1.82) is 0 Å². The van der Waals surface area contributed by atoms with Crippen LogP contribution in [0.5, 0.6) is 5.75 Å². The Balaban J connectivity index is 2.69. The Bertz CT molecular complexity index is 361. The number of halogens is 1. The number of nitrogen functional groups attached to an aromatic ring is 1. The number of hydrogen-bond donors (Lipinski definition) is 1. The van der Waals surface area contributed by atoms with Crippen molar-refractivity contribution in [2.45, 2.75) is 20.0 Å². The van der Waals surface area contributed by atoms with Gasteiger partial charge in [0.25, 0.3) is 0 Å². The van der Waals surface area contributed by atoms with Gasteiger partial charge in [0, 0.05) is 16.2 Å². The third-order valence-corrected chi connectivity index (χ3v) is 2.28. The van der Waals surface area contributed by atoms with Crippen molar-refractivity contribution in [1.82, 2.24) is 0 Å². The number of hydrogen-bond acceptors (Lipinski definition) is 4. The minimum atomic E-state index is -0.645. The number of carbonyl (C=O) groups is 1. The minimum absolute atomic E-state index is 0.340. The molecule has 0 aliphatic carbocycles. The molecule has 2 N–H and O–H groups in total. The largest absolute Gasteiger partial charge is 0.479 e. The fraction of sp³-hybridized carbons (Fsp3) is 0.364. The summed E-state index contributed by atoms with van der Waals surface area (Å²) in [6.45, 7) is 3.73. The molecular formula is C11H14BrNO3. The second kappa shape index (κ2) is 5.75. The Hall–Kier alpha value is -1.23. The first-order valence-corrected chi connectivity index (χ1v) is 5.71. The minimum Gasteiger partial charge on any atom is -0.479 e. The molecule has 0 aliphatic heterocycles. The summed E-state index contributed by atoms with van der Waals surface area (Å²) in [5.41, 5.74) is 6.21. The smallest absolute Gasteiger partial charge is 0.347 e. The predicted molar refractivity (Wildman–Crippen MR) is 65.3 cm³/mol. The highest BCUT2D eigenvalue weighted by Gasteiger charge is 2.15. The average Bonchev–Trinajstić information content (AvgIpc) is 2.16. The summed E-state index contributed by atoms with van der Waals surface area (Å²) in [7, 11) is 0. The molecule has 0 spiro atoms. The van der Waals surface area contributed by atoms with Crippen molar-refractivity contribution in [3.05, 3.63) is 22.7 Å². The average molecular weight is 288 g/mol. The molecule has 88 valence electrons. The van der Waals surface area contributed by atoms with Crippen molar-refractivity contribution in [3.8, 4) is 5.75 Å². The molecule has 1 aromatic carbocycles. The second-order valence-corrected chi connectivity index (χ2v) is 4.15. The van der Waals surface area contributed by atoms with E-state index in [4.69, 9.17) is 15.2 Å². The van der Waals surface area contributed by atoms with Crippen molar-refractivity contribution in [2.75, 3.05) is 12.3 Å². The van der Waals surface area contributed by atoms with E-state index in [0.29, 0.717) is 18.0 Å². The number of anilines is 1. The van der Waals surface area contributed by atoms with Crippen molar-refractivity contribution in [2.24, 2.45) is 0 Å². The van der Waals surface area contributed by atoms with Gasteiger partial charge in [0.05, 0.1) is 6.61 Å². The number of rotatable bonds is 4. The van der Waals surface area contributed by atoms with Crippen LogP contribution in [0, 0.1) is 0 Å². The van der Waals surface area contributed by atoms with Gasteiger partial charge in [-0.25, -0.2) is 4.79 Å². The van der Waals surface area contributed by atoms with Crippen LogP contribution in [0.3, 0.4) is 0 Å². The summed E-state index contributed by atoms with van der Waals surface area (Å²) in [5.74, 6) is 0.147. The zero-order valence-electron chi connectivity index (χ0n) is 9.20. The van der Waals surface area contributed by atoms with E-state index in [1.807, 2.05) is 0 Å². The molecule has 5 heteroatoms. The quantitative estimate of drug-likeness (QED) is 0.682. The number of ether oxygens (including phenoxy) is 2. The first kappa shape index (κ1) is 12.8. The monoisotopic (exact) mass is 287 g/mol. The van der Waals surface area contributed by atoms with Crippen LogP contribution >= 0.6 is 15.9 Å². The third-order valence-electron chi connectivity index (χ3n) is 1.83. The molecule has 1 aromatic rings. The fourth-order valence-corrected chi connectivity index (χ4v) is 1.65. The number of nitrogens with two attached hydrogens (primary N) is 1. The molecule has 16 heavy (non-hydrogen) atoms. The van der Waals surface area contributed by atoms with Gasteiger partial charge in [-0.2, -0.15) is 0 Å². The normalized spacial score (nSPS) is 11.9. The molecule has 0 saturated carbocycles. The van der Waals surface area contributed by atoms with Crippen LogP contribution in [0.2, 0.25) is 0 Å². The van der Waals surface area contributed by atoms with Crippen molar-refractivity contribution >= 4 is 27.6 Å². The molecule has 1 rings (SSSR count). The highest BCUT2D eigenvalue weighted by Crippen LogP contribution is 2.23. The van der Waals surface area contributed by atoms with E-state index in [1.165, 1.54) is 0 Å². The van der Waals surface area contributed by atoms with Crippen LogP contribution in [0.4, 0.5) is 5.69 Å². The SMILES string of the molecule is CCOC(=O)C(C)Oc1cc(N)cc(Br)c1.